The Morgan fingerprint density at radius 3 is 1.82 bits per heavy atom. The molecule has 374 valence electrons. The van der Waals surface area contributed by atoms with Crippen LogP contribution < -0.4 is 5.73 Å². The summed E-state index contributed by atoms with van der Waals surface area (Å²) in [6, 6.07) is -1.13. The Morgan fingerprint density at radius 1 is 0.667 bits per heavy atom. The van der Waals surface area contributed by atoms with Crippen LogP contribution in [0.5, 0.6) is 0 Å². The minimum atomic E-state index is -1.78. The van der Waals surface area contributed by atoms with Crippen LogP contribution in [0.15, 0.2) is 85.1 Å². The number of fused-ring (bicyclic) bond motifs is 2. The van der Waals surface area contributed by atoms with Crippen LogP contribution in [0.2, 0.25) is 0 Å². The van der Waals surface area contributed by atoms with Crippen LogP contribution in [0.3, 0.4) is 0 Å². The fourth-order valence-electron chi connectivity index (χ4n) is 8.16. The predicted octanol–water partition coefficient (Wildman–Crippen LogP) is 1.37. The fraction of sp³-hybridized carbons (Fsp3) is 0.667. The highest BCUT2D eigenvalue weighted by atomic mass is 16.7. The third kappa shape index (κ3) is 18.2. The summed E-state index contributed by atoms with van der Waals surface area (Å²) >= 11 is 0. The topological polar surface area (TPSA) is 309 Å². The number of cyclic esters (lactones) is 1. The molecular weight excluding hydrogens is 863 g/mol. The molecule has 0 amide bonds. The van der Waals surface area contributed by atoms with Crippen LogP contribution in [0.25, 0.3) is 0 Å². The van der Waals surface area contributed by atoms with Gasteiger partial charge in [-0.15, -0.1) is 0 Å². The lowest BCUT2D eigenvalue weighted by Crippen LogP contribution is -2.61. The number of aliphatic hydroxyl groups is 9. The minimum absolute atomic E-state index is 0.0813. The lowest BCUT2D eigenvalue weighted by Gasteiger charge is -2.47. The average molecular weight is 938 g/mol. The fourth-order valence-corrected chi connectivity index (χ4v) is 8.16. The molecule has 3 aliphatic heterocycles. The quantitative estimate of drug-likeness (QED) is 0.177. The second-order valence-corrected chi connectivity index (χ2v) is 17.7. The van der Waals surface area contributed by atoms with Crippen molar-refractivity contribution < 1.29 is 84.3 Å². The smallest absolute Gasteiger partial charge is 0.311 e. The summed E-state index contributed by atoms with van der Waals surface area (Å²) in [7, 11) is 1.25. The highest BCUT2D eigenvalue weighted by molar-refractivity contribution is 5.71. The maximum Gasteiger partial charge on any atom is 0.311 e. The molecule has 18 nitrogen and oxygen atoms in total. The molecule has 0 aliphatic carbocycles. The normalized spacial score (nSPS) is 41.6. The van der Waals surface area contributed by atoms with Crippen molar-refractivity contribution in [1.29, 1.82) is 0 Å². The first-order valence-corrected chi connectivity index (χ1v) is 22.7. The molecular formula is C48H75NO17. The number of esters is 1. The summed E-state index contributed by atoms with van der Waals surface area (Å²) in [6.07, 6.45) is 5.15. The molecule has 3 rings (SSSR count). The van der Waals surface area contributed by atoms with E-state index >= 15 is 0 Å². The number of carboxylic acid groups (broad SMARTS) is 1. The van der Waals surface area contributed by atoms with Crippen LogP contribution in [-0.4, -0.2) is 168 Å². The number of ether oxygens (including phenoxy) is 5. The van der Waals surface area contributed by atoms with Gasteiger partial charge in [-0.3, -0.25) is 9.59 Å². The standard InChI is InChI=1S/C48H75NO17/c1-28-18-16-14-12-10-8-6-7-9-11-13-15-17-19-35(65-47-45(59)42(49)44(58)31(4)64-47)25-39-41(46(60)61)38(55)27-48(62-5,66-39)26-34(52)23-37(54)36(53)21-20-32(50)22-33(51)24-40(56)63-30(3)29(2)43(28)57/h6-19,28-39,41-45,47,50-55,57-59H,20-27,49H2,1-5H3,(H,60,61)/t28-,29-,30-,31?,32+,33+,34-,35-,36+,37+,38-,39-,41+,42?,43+,44?,45?,47?,48-/m0/s1. The van der Waals surface area contributed by atoms with Crippen molar-refractivity contribution in [1.82, 2.24) is 0 Å². The number of carbonyl (C=O) groups is 2. The Morgan fingerprint density at radius 2 is 1.24 bits per heavy atom. The Labute approximate surface area is 387 Å². The van der Waals surface area contributed by atoms with Gasteiger partial charge < -0.3 is 80.5 Å². The van der Waals surface area contributed by atoms with Gasteiger partial charge in [0.15, 0.2) is 12.1 Å². The van der Waals surface area contributed by atoms with E-state index in [1.165, 1.54) is 7.11 Å². The number of hydrogen-bond acceptors (Lipinski definition) is 17. The third-order valence-electron chi connectivity index (χ3n) is 12.4. The molecule has 0 aromatic heterocycles. The van der Waals surface area contributed by atoms with Crippen LogP contribution in [0.1, 0.15) is 79.1 Å². The second kappa shape index (κ2) is 28.1. The lowest BCUT2D eigenvalue weighted by atomic mass is 9.82. The summed E-state index contributed by atoms with van der Waals surface area (Å²) in [5, 5.41) is 108. The van der Waals surface area contributed by atoms with Gasteiger partial charge in [0.1, 0.15) is 18.1 Å². The maximum absolute atomic E-state index is 12.6. The van der Waals surface area contributed by atoms with Gasteiger partial charge >= 0.3 is 11.9 Å². The number of rotatable bonds is 4. The molecule has 0 aromatic carbocycles. The van der Waals surface area contributed by atoms with Crippen LogP contribution >= 0.6 is 0 Å². The van der Waals surface area contributed by atoms with Crippen LogP contribution in [0, 0.1) is 17.8 Å². The largest absolute Gasteiger partial charge is 0.481 e. The molecule has 2 fully saturated rings. The highest BCUT2D eigenvalue weighted by Crippen LogP contribution is 2.40. The van der Waals surface area contributed by atoms with Gasteiger partial charge in [0.25, 0.3) is 0 Å². The van der Waals surface area contributed by atoms with Gasteiger partial charge in [-0.25, -0.2) is 0 Å². The van der Waals surface area contributed by atoms with E-state index in [0.29, 0.717) is 0 Å². The van der Waals surface area contributed by atoms with Gasteiger partial charge in [-0.1, -0.05) is 98.9 Å². The van der Waals surface area contributed by atoms with E-state index in [0.717, 1.165) is 0 Å². The molecule has 0 saturated carbocycles. The van der Waals surface area contributed by atoms with E-state index < -0.39 is 141 Å². The lowest BCUT2D eigenvalue weighted by molar-refractivity contribution is -0.317. The monoisotopic (exact) mass is 938 g/mol. The van der Waals surface area contributed by atoms with Gasteiger partial charge in [-0.05, 0) is 33.1 Å². The molecule has 12 N–H and O–H groups in total. The number of carbonyl (C=O) groups excluding carboxylic acids is 1. The Kier molecular flexibility index (Phi) is 24.3. The summed E-state index contributed by atoms with van der Waals surface area (Å²) < 4.78 is 29.3. The van der Waals surface area contributed by atoms with E-state index in [9.17, 15) is 60.7 Å². The average Bonchev–Trinajstić information content (AvgIpc) is 3.24. The highest BCUT2D eigenvalue weighted by Gasteiger charge is 2.52. The molecule has 0 aromatic rings. The first-order chi connectivity index (χ1) is 31.2. The van der Waals surface area contributed by atoms with E-state index in [1.54, 1.807) is 75.5 Å². The van der Waals surface area contributed by atoms with Crippen LogP contribution in [-0.2, 0) is 33.3 Å². The molecule has 3 heterocycles. The van der Waals surface area contributed by atoms with Gasteiger partial charge in [0, 0.05) is 44.6 Å². The zero-order chi connectivity index (χ0) is 49.1. The number of methoxy groups -OCH3 is 1. The first kappa shape index (κ1) is 56.9. The Balaban J connectivity index is 1.89. The summed E-state index contributed by atoms with van der Waals surface area (Å²) in [5.41, 5.74) is 6.05. The van der Waals surface area contributed by atoms with Gasteiger partial charge in [0.2, 0.25) is 0 Å². The van der Waals surface area contributed by atoms with Crippen molar-refractivity contribution in [2.75, 3.05) is 7.11 Å². The van der Waals surface area contributed by atoms with Crippen molar-refractivity contribution in [3.8, 4) is 0 Å². The molecule has 5 unspecified atom stereocenters. The Hall–Kier alpha value is -3.44. The van der Waals surface area contributed by atoms with Crippen molar-refractivity contribution in [3.63, 3.8) is 0 Å². The first-order valence-electron chi connectivity index (χ1n) is 22.7. The zero-order valence-electron chi connectivity index (χ0n) is 38.5. The zero-order valence-corrected chi connectivity index (χ0v) is 38.5. The summed E-state index contributed by atoms with van der Waals surface area (Å²) in [4.78, 5) is 25.2. The summed E-state index contributed by atoms with van der Waals surface area (Å²) in [6.45, 7) is 6.79. The van der Waals surface area contributed by atoms with E-state index in [2.05, 4.69) is 0 Å². The SMILES string of the molecule is CO[C@@]12C[C@@H](O)C[C@@H](O)[C@H](O)CC[C@@H](O)C[C@@H](O)CC(=O)O[C@@H](C)[C@H](C)[C@H](O)[C@@H](C)C=CC=CC=CC=CC=CC=CC=C[C@H](OC3OC(C)C(O)C(N)C3O)C[C@H](O1)[C@H](C(=O)O)[C@@H](O)C2. The van der Waals surface area contributed by atoms with Crippen molar-refractivity contribution >= 4 is 11.9 Å². The number of allylic oxidation sites excluding steroid dienone is 12. The third-order valence-corrected chi connectivity index (χ3v) is 12.4. The van der Waals surface area contributed by atoms with Crippen molar-refractivity contribution in [2.45, 2.75) is 177 Å². The number of carboxylic acids is 1. The molecule has 0 spiro atoms. The molecule has 19 atom stereocenters. The molecule has 0 radical (unpaired) electrons. The minimum Gasteiger partial charge on any atom is -0.481 e. The number of aliphatic hydroxyl groups excluding tert-OH is 9. The number of hydrogen-bond donors (Lipinski definition) is 11. The van der Waals surface area contributed by atoms with Crippen molar-refractivity contribution in [2.24, 2.45) is 23.5 Å². The second-order valence-electron chi connectivity index (χ2n) is 17.7. The van der Waals surface area contributed by atoms with Crippen LogP contribution in [0.4, 0.5) is 0 Å². The maximum atomic E-state index is 12.6. The van der Waals surface area contributed by atoms with Crippen molar-refractivity contribution in [3.05, 3.63) is 85.1 Å². The molecule has 2 saturated heterocycles. The Bertz CT molecular complexity index is 1680. The van der Waals surface area contributed by atoms with E-state index in [-0.39, 0.29) is 38.0 Å². The molecule has 3 aliphatic rings. The molecule has 18 heteroatoms. The predicted molar refractivity (Wildman–Crippen MR) is 242 cm³/mol. The van der Waals surface area contributed by atoms with Gasteiger partial charge in [0.05, 0.1) is 79.6 Å². The van der Waals surface area contributed by atoms with E-state index in [1.807, 2.05) is 37.3 Å². The number of aliphatic carboxylic acids is 1. The molecule has 2 bridgehead atoms. The van der Waals surface area contributed by atoms with Gasteiger partial charge in [-0.2, -0.15) is 0 Å². The summed E-state index contributed by atoms with van der Waals surface area (Å²) in [5.74, 6) is -6.12. The molecule has 66 heavy (non-hydrogen) atoms. The number of nitrogens with two attached hydrogens (primary N) is 1. The van der Waals surface area contributed by atoms with E-state index in [4.69, 9.17) is 29.4 Å².